The minimum absolute atomic E-state index is 0.0286. The highest BCUT2D eigenvalue weighted by Gasteiger charge is 2.21. The van der Waals surface area contributed by atoms with E-state index in [0.717, 1.165) is 12.0 Å². The summed E-state index contributed by atoms with van der Waals surface area (Å²) in [5, 5.41) is 11.5. The molecule has 1 aromatic carbocycles. The first-order valence-electron chi connectivity index (χ1n) is 6.98. The van der Waals surface area contributed by atoms with Gasteiger partial charge in [0.25, 0.3) is 5.69 Å². The van der Waals surface area contributed by atoms with Crippen molar-refractivity contribution in [2.24, 2.45) is 10.7 Å². The molecule has 120 valence electrons. The Morgan fingerprint density at radius 1 is 1.59 bits per heavy atom. The Morgan fingerprint density at radius 2 is 2.36 bits per heavy atom. The predicted octanol–water partition coefficient (Wildman–Crippen LogP) is 2.81. The number of nitro groups is 1. The smallest absolute Gasteiger partial charge is 0.270 e. The van der Waals surface area contributed by atoms with Crippen LogP contribution >= 0.6 is 11.8 Å². The van der Waals surface area contributed by atoms with Crippen LogP contribution in [0.2, 0.25) is 0 Å². The topological polar surface area (TPSA) is 100.0 Å². The third-order valence-corrected chi connectivity index (χ3v) is 4.15. The summed E-state index contributed by atoms with van der Waals surface area (Å²) in [6.45, 7) is 4.49. The average molecular weight is 325 g/mol. The van der Waals surface area contributed by atoms with Crippen molar-refractivity contribution in [1.82, 2.24) is 0 Å². The molecule has 1 aromatic rings. The van der Waals surface area contributed by atoms with Crippen LogP contribution in [-0.4, -0.2) is 22.9 Å². The van der Waals surface area contributed by atoms with Gasteiger partial charge in [0.05, 0.1) is 11.5 Å². The summed E-state index contributed by atoms with van der Waals surface area (Å²) in [5.74, 6) is 1.12. The molecule has 0 saturated heterocycles. The maximum atomic E-state index is 11.0. The number of rotatable bonds is 5. The van der Waals surface area contributed by atoms with Gasteiger partial charge in [0.1, 0.15) is 5.75 Å². The van der Waals surface area contributed by atoms with Crippen LogP contribution in [0.1, 0.15) is 31.4 Å². The number of fused-ring (bicyclic) bond motifs is 1. The van der Waals surface area contributed by atoms with E-state index in [1.807, 2.05) is 13.8 Å². The fraction of sp³-hybridized carbons (Fsp3) is 0.500. The number of non-ortho nitro benzene ring substituents is 1. The number of amidine groups is 1. The fourth-order valence-corrected chi connectivity index (χ4v) is 2.76. The van der Waals surface area contributed by atoms with Crippen molar-refractivity contribution in [3.8, 4) is 5.75 Å². The van der Waals surface area contributed by atoms with E-state index in [1.165, 1.54) is 23.9 Å². The van der Waals surface area contributed by atoms with Crippen molar-refractivity contribution >= 4 is 22.6 Å². The molecule has 0 amide bonds. The molecule has 0 radical (unpaired) electrons. The Morgan fingerprint density at radius 3 is 3.05 bits per heavy atom. The van der Waals surface area contributed by atoms with E-state index >= 15 is 0 Å². The molecule has 1 aliphatic rings. The van der Waals surface area contributed by atoms with Crippen LogP contribution in [0.3, 0.4) is 0 Å². The van der Waals surface area contributed by atoms with E-state index in [9.17, 15) is 10.1 Å². The van der Waals surface area contributed by atoms with Gasteiger partial charge in [-0.1, -0.05) is 18.7 Å². The standard InChI is InChI=1S/C14H19N3O4S/c1-3-9(2)16-14(15)22-7-11-5-12(17(18)19)4-10-6-20-8-21-13(10)11/h4-5,9H,3,6-8H2,1-2H3,(H2,15,16)/t9-/m0/s1. The molecule has 0 fully saturated rings. The van der Waals surface area contributed by atoms with Gasteiger partial charge >= 0.3 is 0 Å². The van der Waals surface area contributed by atoms with E-state index in [-0.39, 0.29) is 18.5 Å². The summed E-state index contributed by atoms with van der Waals surface area (Å²) >= 11 is 1.35. The summed E-state index contributed by atoms with van der Waals surface area (Å²) in [6.07, 6.45) is 0.911. The maximum Gasteiger partial charge on any atom is 0.270 e. The molecule has 0 bridgehead atoms. The van der Waals surface area contributed by atoms with Crippen molar-refractivity contribution in [3.05, 3.63) is 33.4 Å². The molecule has 7 nitrogen and oxygen atoms in total. The largest absolute Gasteiger partial charge is 0.467 e. The SMILES string of the molecule is CC[C@H](C)N=C(N)SCc1cc([N+](=O)[O-])cc2c1OCOC2. The van der Waals surface area contributed by atoms with E-state index < -0.39 is 4.92 Å². The Hall–Kier alpha value is -1.80. The molecule has 1 aliphatic heterocycles. The molecular weight excluding hydrogens is 306 g/mol. The normalized spacial score (nSPS) is 15.8. The number of nitro benzene ring substituents is 1. The number of aliphatic imine (C=N–C) groups is 1. The van der Waals surface area contributed by atoms with E-state index in [2.05, 4.69) is 4.99 Å². The minimum atomic E-state index is -0.417. The number of benzene rings is 1. The van der Waals surface area contributed by atoms with Crippen LogP contribution in [0.5, 0.6) is 5.75 Å². The highest BCUT2D eigenvalue weighted by Crippen LogP contribution is 2.34. The monoisotopic (exact) mass is 325 g/mol. The molecule has 22 heavy (non-hydrogen) atoms. The summed E-state index contributed by atoms with van der Waals surface area (Å²) in [4.78, 5) is 15.0. The Bertz CT molecular complexity index is 592. The van der Waals surface area contributed by atoms with Gasteiger partial charge < -0.3 is 15.2 Å². The van der Waals surface area contributed by atoms with Gasteiger partial charge in [-0.25, -0.2) is 0 Å². The third kappa shape index (κ3) is 4.11. The summed E-state index contributed by atoms with van der Waals surface area (Å²) in [5.41, 5.74) is 7.34. The minimum Gasteiger partial charge on any atom is -0.467 e. The van der Waals surface area contributed by atoms with E-state index in [1.54, 1.807) is 0 Å². The zero-order valence-electron chi connectivity index (χ0n) is 12.6. The highest BCUT2D eigenvalue weighted by atomic mass is 32.2. The van der Waals surface area contributed by atoms with E-state index in [0.29, 0.717) is 28.8 Å². The lowest BCUT2D eigenvalue weighted by Crippen LogP contribution is -2.15. The van der Waals surface area contributed by atoms with Crippen LogP contribution in [0.15, 0.2) is 17.1 Å². The zero-order valence-corrected chi connectivity index (χ0v) is 13.4. The first kappa shape index (κ1) is 16.6. The summed E-state index contributed by atoms with van der Waals surface area (Å²) in [7, 11) is 0. The summed E-state index contributed by atoms with van der Waals surface area (Å²) < 4.78 is 10.7. The average Bonchev–Trinajstić information content (AvgIpc) is 2.52. The van der Waals surface area contributed by atoms with Gasteiger partial charge in [-0.3, -0.25) is 15.1 Å². The number of ether oxygens (including phenoxy) is 2. The molecule has 0 spiro atoms. The van der Waals surface area contributed by atoms with Gasteiger partial charge in [0.2, 0.25) is 0 Å². The quantitative estimate of drug-likeness (QED) is 0.387. The van der Waals surface area contributed by atoms with Crippen molar-refractivity contribution in [2.75, 3.05) is 6.79 Å². The second-order valence-electron chi connectivity index (χ2n) is 4.97. The highest BCUT2D eigenvalue weighted by molar-refractivity contribution is 8.13. The van der Waals surface area contributed by atoms with Gasteiger partial charge in [0.15, 0.2) is 12.0 Å². The molecule has 0 aromatic heterocycles. The van der Waals surface area contributed by atoms with Gasteiger partial charge in [-0.2, -0.15) is 0 Å². The predicted molar refractivity (Wildman–Crippen MR) is 86.1 cm³/mol. The van der Waals surface area contributed by atoms with Crippen molar-refractivity contribution in [2.45, 2.75) is 38.7 Å². The van der Waals surface area contributed by atoms with Gasteiger partial charge in [0, 0.05) is 35.1 Å². The summed E-state index contributed by atoms with van der Waals surface area (Å²) in [6, 6.07) is 3.17. The Labute approximate surface area is 133 Å². The Kier molecular flexibility index (Phi) is 5.62. The molecule has 2 rings (SSSR count). The number of thioether (sulfide) groups is 1. The van der Waals surface area contributed by atoms with Gasteiger partial charge in [-0.15, -0.1) is 0 Å². The first-order valence-corrected chi connectivity index (χ1v) is 7.96. The zero-order chi connectivity index (χ0) is 16.1. The van der Waals surface area contributed by atoms with Crippen LogP contribution in [-0.2, 0) is 17.1 Å². The van der Waals surface area contributed by atoms with Crippen molar-refractivity contribution < 1.29 is 14.4 Å². The molecule has 8 heteroatoms. The van der Waals surface area contributed by atoms with Crippen LogP contribution in [0.4, 0.5) is 5.69 Å². The molecule has 2 N–H and O–H groups in total. The van der Waals surface area contributed by atoms with Gasteiger partial charge in [-0.05, 0) is 13.3 Å². The maximum absolute atomic E-state index is 11.0. The molecule has 0 saturated carbocycles. The lowest BCUT2D eigenvalue weighted by atomic mass is 10.1. The fourth-order valence-electron chi connectivity index (χ4n) is 1.99. The van der Waals surface area contributed by atoms with Crippen molar-refractivity contribution in [3.63, 3.8) is 0 Å². The number of hydrogen-bond donors (Lipinski definition) is 1. The van der Waals surface area contributed by atoms with Crippen LogP contribution < -0.4 is 10.5 Å². The lowest BCUT2D eigenvalue weighted by molar-refractivity contribution is -0.385. The molecule has 0 unspecified atom stereocenters. The number of nitrogens with zero attached hydrogens (tertiary/aromatic N) is 2. The second kappa shape index (κ2) is 7.46. The molecule has 1 atom stereocenters. The van der Waals surface area contributed by atoms with Crippen LogP contribution in [0, 0.1) is 10.1 Å². The number of hydrogen-bond acceptors (Lipinski definition) is 6. The lowest BCUT2D eigenvalue weighted by Gasteiger charge is -2.20. The number of nitrogens with two attached hydrogens (primary N) is 1. The molecule has 0 aliphatic carbocycles. The third-order valence-electron chi connectivity index (χ3n) is 3.30. The molecular formula is C14H19N3O4S. The van der Waals surface area contributed by atoms with Crippen molar-refractivity contribution in [1.29, 1.82) is 0 Å². The van der Waals surface area contributed by atoms with E-state index in [4.69, 9.17) is 15.2 Å². The Balaban J connectivity index is 2.20. The molecule has 1 heterocycles. The first-order chi connectivity index (χ1) is 10.5. The van der Waals surface area contributed by atoms with Crippen LogP contribution in [0.25, 0.3) is 0 Å². The second-order valence-corrected chi connectivity index (χ2v) is 5.97.